The van der Waals surface area contributed by atoms with Crippen molar-refractivity contribution in [1.29, 1.82) is 0 Å². The van der Waals surface area contributed by atoms with Crippen LogP contribution in [0.2, 0.25) is 0 Å². The lowest BCUT2D eigenvalue weighted by atomic mass is 10.2. The molecule has 0 atom stereocenters. The van der Waals surface area contributed by atoms with E-state index in [1.807, 2.05) is 13.1 Å². The quantitative estimate of drug-likeness (QED) is 0.852. The highest BCUT2D eigenvalue weighted by atomic mass is 16.5. The van der Waals surface area contributed by atoms with Gasteiger partial charge in [0.05, 0.1) is 7.11 Å². The number of rotatable bonds is 3. The van der Waals surface area contributed by atoms with Crippen LogP contribution in [0, 0.1) is 6.92 Å². The van der Waals surface area contributed by atoms with E-state index in [1.54, 1.807) is 19.4 Å². The maximum Gasteiger partial charge on any atom is 0.228 e. The summed E-state index contributed by atoms with van der Waals surface area (Å²) in [5, 5.41) is 0. The number of methoxy groups -OCH3 is 1. The maximum atomic E-state index is 5.15. The first-order valence-corrected chi connectivity index (χ1v) is 7.06. The summed E-state index contributed by atoms with van der Waals surface area (Å²) in [5.41, 5.74) is 2.28. The van der Waals surface area contributed by atoms with Crippen LogP contribution in [-0.2, 0) is 0 Å². The normalized spacial score (nSPS) is 15.1. The highest BCUT2D eigenvalue weighted by Crippen LogP contribution is 2.19. The second-order valence-corrected chi connectivity index (χ2v) is 5.03. The Morgan fingerprint density at radius 2 is 1.71 bits per heavy atom. The van der Waals surface area contributed by atoms with Gasteiger partial charge in [-0.25, -0.2) is 4.98 Å². The molecule has 6 nitrogen and oxygen atoms in total. The fraction of sp³-hybridized carbons (Fsp3) is 0.400. The van der Waals surface area contributed by atoms with E-state index in [1.165, 1.54) is 5.69 Å². The SMILES string of the molecule is COc1ccnc(N2CCN(c3ccnc(C)c3)CC2)n1. The average molecular weight is 285 g/mol. The van der Waals surface area contributed by atoms with Gasteiger partial charge in [0.25, 0.3) is 0 Å². The van der Waals surface area contributed by atoms with Gasteiger partial charge in [0, 0.05) is 56.0 Å². The van der Waals surface area contributed by atoms with Gasteiger partial charge in [-0.2, -0.15) is 4.98 Å². The van der Waals surface area contributed by atoms with E-state index >= 15 is 0 Å². The van der Waals surface area contributed by atoms with Gasteiger partial charge in [0.2, 0.25) is 11.8 Å². The molecule has 0 spiro atoms. The summed E-state index contributed by atoms with van der Waals surface area (Å²) < 4.78 is 5.15. The summed E-state index contributed by atoms with van der Waals surface area (Å²) in [5.74, 6) is 1.34. The Labute approximate surface area is 124 Å². The van der Waals surface area contributed by atoms with Crippen LogP contribution in [0.1, 0.15) is 5.69 Å². The molecule has 1 saturated heterocycles. The van der Waals surface area contributed by atoms with Crippen molar-refractivity contribution < 1.29 is 4.74 Å². The van der Waals surface area contributed by atoms with Gasteiger partial charge in [0.1, 0.15) is 0 Å². The Morgan fingerprint density at radius 1 is 1.00 bits per heavy atom. The van der Waals surface area contributed by atoms with Crippen molar-refractivity contribution in [2.24, 2.45) is 0 Å². The zero-order chi connectivity index (χ0) is 14.7. The number of anilines is 2. The van der Waals surface area contributed by atoms with Crippen LogP contribution in [0.4, 0.5) is 11.6 Å². The van der Waals surface area contributed by atoms with Crippen LogP contribution < -0.4 is 14.5 Å². The molecule has 1 aliphatic rings. The van der Waals surface area contributed by atoms with E-state index in [0.29, 0.717) is 5.88 Å². The molecule has 0 amide bonds. The largest absolute Gasteiger partial charge is 0.481 e. The Balaban J connectivity index is 1.67. The predicted molar refractivity (Wildman–Crippen MR) is 82.0 cm³/mol. The first-order chi connectivity index (χ1) is 10.3. The second kappa shape index (κ2) is 5.95. The first-order valence-electron chi connectivity index (χ1n) is 7.06. The fourth-order valence-corrected chi connectivity index (χ4v) is 2.49. The molecule has 3 heterocycles. The van der Waals surface area contributed by atoms with Gasteiger partial charge >= 0.3 is 0 Å². The molecule has 2 aromatic rings. The molecule has 0 aromatic carbocycles. The lowest BCUT2D eigenvalue weighted by Crippen LogP contribution is -2.47. The molecule has 0 aliphatic carbocycles. The number of hydrogen-bond donors (Lipinski definition) is 0. The van der Waals surface area contributed by atoms with Crippen molar-refractivity contribution in [1.82, 2.24) is 15.0 Å². The molecule has 3 rings (SSSR count). The van der Waals surface area contributed by atoms with E-state index in [2.05, 4.69) is 36.9 Å². The molecule has 2 aromatic heterocycles. The molecule has 21 heavy (non-hydrogen) atoms. The van der Waals surface area contributed by atoms with Gasteiger partial charge in [-0.1, -0.05) is 0 Å². The Morgan fingerprint density at radius 3 is 2.43 bits per heavy atom. The van der Waals surface area contributed by atoms with Gasteiger partial charge in [-0.15, -0.1) is 0 Å². The van der Waals surface area contributed by atoms with Gasteiger partial charge < -0.3 is 14.5 Å². The van der Waals surface area contributed by atoms with E-state index in [-0.39, 0.29) is 0 Å². The van der Waals surface area contributed by atoms with Gasteiger partial charge in [-0.05, 0) is 19.1 Å². The molecule has 0 N–H and O–H groups in total. The monoisotopic (exact) mass is 285 g/mol. The summed E-state index contributed by atoms with van der Waals surface area (Å²) in [6, 6.07) is 5.95. The maximum absolute atomic E-state index is 5.15. The van der Waals surface area contributed by atoms with Crippen LogP contribution in [0.5, 0.6) is 5.88 Å². The fourth-order valence-electron chi connectivity index (χ4n) is 2.49. The van der Waals surface area contributed by atoms with Crippen LogP contribution >= 0.6 is 0 Å². The van der Waals surface area contributed by atoms with Crippen LogP contribution in [0.25, 0.3) is 0 Å². The Hall–Kier alpha value is -2.37. The minimum absolute atomic E-state index is 0.604. The smallest absolute Gasteiger partial charge is 0.228 e. The van der Waals surface area contributed by atoms with Gasteiger partial charge in [0.15, 0.2) is 0 Å². The zero-order valence-corrected chi connectivity index (χ0v) is 12.4. The number of aryl methyl sites for hydroxylation is 1. The number of ether oxygens (including phenoxy) is 1. The lowest BCUT2D eigenvalue weighted by molar-refractivity contribution is 0.396. The van der Waals surface area contributed by atoms with Crippen molar-refractivity contribution in [3.8, 4) is 5.88 Å². The zero-order valence-electron chi connectivity index (χ0n) is 12.4. The third kappa shape index (κ3) is 3.04. The predicted octanol–water partition coefficient (Wildman–Crippen LogP) is 1.52. The second-order valence-electron chi connectivity index (χ2n) is 5.03. The number of hydrogen-bond acceptors (Lipinski definition) is 6. The first kappa shape index (κ1) is 13.6. The Kier molecular flexibility index (Phi) is 3.85. The number of pyridine rings is 1. The molecule has 1 aliphatic heterocycles. The topological polar surface area (TPSA) is 54.4 Å². The van der Waals surface area contributed by atoms with E-state index in [4.69, 9.17) is 4.74 Å². The highest BCUT2D eigenvalue weighted by Gasteiger charge is 2.19. The summed E-state index contributed by atoms with van der Waals surface area (Å²) in [6.07, 6.45) is 3.60. The summed E-state index contributed by atoms with van der Waals surface area (Å²) in [6.45, 7) is 5.71. The number of nitrogens with zero attached hydrogens (tertiary/aromatic N) is 5. The van der Waals surface area contributed by atoms with Crippen LogP contribution in [-0.4, -0.2) is 48.2 Å². The van der Waals surface area contributed by atoms with E-state index in [0.717, 1.165) is 37.8 Å². The number of piperazine rings is 1. The summed E-state index contributed by atoms with van der Waals surface area (Å²) in [4.78, 5) is 17.5. The van der Waals surface area contributed by atoms with E-state index < -0.39 is 0 Å². The summed E-state index contributed by atoms with van der Waals surface area (Å²) in [7, 11) is 1.62. The standard InChI is InChI=1S/C15H19N5O/c1-12-11-13(3-5-16-12)19-7-9-20(10-8-19)15-17-6-4-14(18-15)21-2/h3-6,11H,7-10H2,1-2H3. The van der Waals surface area contributed by atoms with Crippen molar-refractivity contribution in [3.63, 3.8) is 0 Å². The molecule has 6 heteroatoms. The lowest BCUT2D eigenvalue weighted by Gasteiger charge is -2.36. The highest BCUT2D eigenvalue weighted by molar-refractivity contribution is 5.48. The molecule has 0 unspecified atom stereocenters. The molecule has 0 bridgehead atoms. The van der Waals surface area contributed by atoms with Crippen molar-refractivity contribution in [3.05, 3.63) is 36.3 Å². The Bertz CT molecular complexity index is 611. The molecular weight excluding hydrogens is 266 g/mol. The molecular formula is C15H19N5O. The molecule has 0 saturated carbocycles. The van der Waals surface area contributed by atoms with Crippen LogP contribution in [0.3, 0.4) is 0 Å². The molecule has 110 valence electrons. The third-order valence-corrected chi connectivity index (χ3v) is 3.63. The molecule has 0 radical (unpaired) electrons. The average Bonchev–Trinajstić information content (AvgIpc) is 2.55. The van der Waals surface area contributed by atoms with Crippen LogP contribution in [0.15, 0.2) is 30.6 Å². The third-order valence-electron chi connectivity index (χ3n) is 3.63. The van der Waals surface area contributed by atoms with Gasteiger partial charge in [-0.3, -0.25) is 4.98 Å². The van der Waals surface area contributed by atoms with E-state index in [9.17, 15) is 0 Å². The van der Waals surface area contributed by atoms with Crippen molar-refractivity contribution in [2.45, 2.75) is 6.92 Å². The summed E-state index contributed by atoms with van der Waals surface area (Å²) >= 11 is 0. The molecule has 1 fully saturated rings. The number of aromatic nitrogens is 3. The minimum atomic E-state index is 0.604. The van der Waals surface area contributed by atoms with Crippen molar-refractivity contribution in [2.75, 3.05) is 43.1 Å². The minimum Gasteiger partial charge on any atom is -0.481 e. The van der Waals surface area contributed by atoms with Crippen molar-refractivity contribution >= 4 is 11.6 Å².